The lowest BCUT2D eigenvalue weighted by molar-refractivity contribution is 0.748. The number of aryl methyl sites for hydroxylation is 1. The molecule has 0 unspecified atom stereocenters. The molecule has 0 saturated carbocycles. The first-order valence-corrected chi connectivity index (χ1v) is 10.2. The van der Waals surface area contributed by atoms with Crippen LogP contribution in [-0.4, -0.2) is 10.8 Å². The minimum absolute atomic E-state index is 0.469. The molecule has 4 aromatic rings. The Balaban J connectivity index is 1.54. The lowest BCUT2D eigenvalue weighted by Crippen LogP contribution is -2.06. The normalized spacial score (nSPS) is 11.4. The van der Waals surface area contributed by atoms with Gasteiger partial charge in [-0.1, -0.05) is 77.3 Å². The van der Waals surface area contributed by atoms with Crippen molar-refractivity contribution >= 4 is 40.3 Å². The number of hydrogen-bond acceptors (Lipinski definition) is 2. The van der Waals surface area contributed by atoms with Crippen LogP contribution < -0.4 is 5.43 Å². The number of aromatic nitrogens is 1. The molecular formula is C24H21Cl2N3. The van der Waals surface area contributed by atoms with E-state index < -0.39 is 0 Å². The van der Waals surface area contributed by atoms with Crippen molar-refractivity contribution in [2.75, 3.05) is 0 Å². The molecule has 3 nitrogen and oxygen atoms in total. The van der Waals surface area contributed by atoms with Crippen LogP contribution in [0, 0.1) is 6.92 Å². The van der Waals surface area contributed by atoms with E-state index in [0.29, 0.717) is 16.6 Å². The molecule has 146 valence electrons. The standard InChI is InChI=1S/C24H21Cl2N3/c1-17-9-11-18(12-10-17)15-29-16-19(20-5-2-3-8-24(20)29)13-27-28-14-21-22(25)6-4-7-23(21)26/h2-13,16,28H,14-15H2,1H3/b27-13-. The lowest BCUT2D eigenvalue weighted by Gasteiger charge is -2.06. The van der Waals surface area contributed by atoms with Crippen molar-refractivity contribution in [2.45, 2.75) is 20.0 Å². The first kappa shape index (κ1) is 19.6. The molecule has 0 fully saturated rings. The summed E-state index contributed by atoms with van der Waals surface area (Å²) in [5.74, 6) is 0. The molecule has 0 spiro atoms. The van der Waals surface area contributed by atoms with Crippen LogP contribution in [0.25, 0.3) is 10.9 Å². The second-order valence-electron chi connectivity index (χ2n) is 7.01. The molecule has 4 rings (SSSR count). The molecule has 3 aromatic carbocycles. The Morgan fingerprint density at radius 2 is 1.66 bits per heavy atom. The highest BCUT2D eigenvalue weighted by atomic mass is 35.5. The summed E-state index contributed by atoms with van der Waals surface area (Å²) in [6.07, 6.45) is 3.98. The summed E-state index contributed by atoms with van der Waals surface area (Å²) in [4.78, 5) is 0. The van der Waals surface area contributed by atoms with Gasteiger partial charge in [-0.15, -0.1) is 0 Å². The molecule has 0 amide bonds. The van der Waals surface area contributed by atoms with Gasteiger partial charge in [0.05, 0.1) is 12.8 Å². The van der Waals surface area contributed by atoms with Gasteiger partial charge in [-0.2, -0.15) is 5.10 Å². The smallest absolute Gasteiger partial charge is 0.0609 e. The molecule has 0 bridgehead atoms. The van der Waals surface area contributed by atoms with Crippen LogP contribution in [0.3, 0.4) is 0 Å². The SMILES string of the molecule is Cc1ccc(Cn2cc(/C=N\NCc3c(Cl)cccc3Cl)c3ccccc32)cc1. The lowest BCUT2D eigenvalue weighted by atomic mass is 10.1. The van der Waals surface area contributed by atoms with Crippen molar-refractivity contribution in [3.05, 3.63) is 105 Å². The fraction of sp³-hybridized carbons (Fsp3) is 0.125. The Morgan fingerprint density at radius 3 is 2.41 bits per heavy atom. The number of nitrogens with zero attached hydrogens (tertiary/aromatic N) is 2. The van der Waals surface area contributed by atoms with Crippen molar-refractivity contribution in [3.8, 4) is 0 Å². The van der Waals surface area contributed by atoms with E-state index in [1.54, 1.807) is 0 Å². The molecule has 5 heteroatoms. The van der Waals surface area contributed by atoms with E-state index in [2.05, 4.69) is 70.7 Å². The number of rotatable bonds is 6. The highest BCUT2D eigenvalue weighted by Gasteiger charge is 2.08. The Kier molecular flexibility index (Phi) is 5.89. The molecule has 0 aliphatic rings. The van der Waals surface area contributed by atoms with Crippen molar-refractivity contribution in [1.29, 1.82) is 0 Å². The van der Waals surface area contributed by atoms with Crippen molar-refractivity contribution in [1.82, 2.24) is 9.99 Å². The molecule has 1 aromatic heterocycles. The second-order valence-corrected chi connectivity index (χ2v) is 7.82. The van der Waals surface area contributed by atoms with E-state index in [9.17, 15) is 0 Å². The van der Waals surface area contributed by atoms with Crippen LogP contribution in [0.1, 0.15) is 22.3 Å². The fourth-order valence-corrected chi connectivity index (χ4v) is 3.87. The molecule has 0 aliphatic carbocycles. The highest BCUT2D eigenvalue weighted by molar-refractivity contribution is 6.35. The summed E-state index contributed by atoms with van der Waals surface area (Å²) in [7, 11) is 0. The first-order chi connectivity index (χ1) is 14.1. The molecule has 0 radical (unpaired) electrons. The quantitative estimate of drug-likeness (QED) is 0.282. The van der Waals surface area contributed by atoms with Gasteiger partial charge in [0.2, 0.25) is 0 Å². The van der Waals surface area contributed by atoms with Crippen molar-refractivity contribution in [3.63, 3.8) is 0 Å². The van der Waals surface area contributed by atoms with Gasteiger partial charge in [0, 0.05) is 44.8 Å². The maximum absolute atomic E-state index is 6.21. The largest absolute Gasteiger partial charge is 0.342 e. The Labute approximate surface area is 180 Å². The number of benzene rings is 3. The number of hydrogen-bond donors (Lipinski definition) is 1. The Bertz CT molecular complexity index is 1140. The van der Waals surface area contributed by atoms with E-state index >= 15 is 0 Å². The van der Waals surface area contributed by atoms with Crippen LogP contribution in [0.5, 0.6) is 0 Å². The molecule has 0 atom stereocenters. The first-order valence-electron chi connectivity index (χ1n) is 9.44. The van der Waals surface area contributed by atoms with Crippen LogP contribution in [-0.2, 0) is 13.1 Å². The predicted molar refractivity (Wildman–Crippen MR) is 123 cm³/mol. The summed E-state index contributed by atoms with van der Waals surface area (Å²) in [5.41, 5.74) is 8.68. The predicted octanol–water partition coefficient (Wildman–Crippen LogP) is 6.43. The van der Waals surface area contributed by atoms with E-state index in [1.807, 2.05) is 30.5 Å². The maximum Gasteiger partial charge on any atom is 0.0609 e. The summed E-state index contributed by atoms with van der Waals surface area (Å²) in [5, 5.41) is 6.83. The van der Waals surface area contributed by atoms with E-state index in [-0.39, 0.29) is 0 Å². The zero-order valence-electron chi connectivity index (χ0n) is 16.1. The number of hydrazone groups is 1. The number of halogens is 2. The summed E-state index contributed by atoms with van der Waals surface area (Å²) < 4.78 is 2.26. The van der Waals surface area contributed by atoms with E-state index in [1.165, 1.54) is 22.0 Å². The summed E-state index contributed by atoms with van der Waals surface area (Å²) in [6, 6.07) is 22.5. The monoisotopic (exact) mass is 421 g/mol. The van der Waals surface area contributed by atoms with Crippen LogP contribution >= 0.6 is 23.2 Å². The molecule has 1 heterocycles. The zero-order chi connectivity index (χ0) is 20.2. The van der Waals surface area contributed by atoms with Crippen molar-refractivity contribution in [2.24, 2.45) is 5.10 Å². The molecule has 0 saturated heterocycles. The fourth-order valence-electron chi connectivity index (χ4n) is 3.34. The molecule has 1 N–H and O–H groups in total. The van der Waals surface area contributed by atoms with Gasteiger partial charge >= 0.3 is 0 Å². The summed E-state index contributed by atoms with van der Waals surface area (Å²) in [6.45, 7) is 3.39. The van der Waals surface area contributed by atoms with Crippen LogP contribution in [0.15, 0.2) is 78.0 Å². The third-order valence-electron chi connectivity index (χ3n) is 4.91. The van der Waals surface area contributed by atoms with Gasteiger partial charge in [-0.25, -0.2) is 0 Å². The maximum atomic E-state index is 6.21. The molecular weight excluding hydrogens is 401 g/mol. The Hall–Kier alpha value is -2.75. The zero-order valence-corrected chi connectivity index (χ0v) is 17.6. The van der Waals surface area contributed by atoms with Crippen molar-refractivity contribution < 1.29 is 0 Å². The second kappa shape index (κ2) is 8.73. The average Bonchev–Trinajstić information content (AvgIpc) is 3.06. The number of fused-ring (bicyclic) bond motifs is 1. The van der Waals surface area contributed by atoms with Gasteiger partial charge in [0.25, 0.3) is 0 Å². The number of para-hydroxylation sites is 1. The van der Waals surface area contributed by atoms with Gasteiger partial charge in [-0.3, -0.25) is 0 Å². The minimum Gasteiger partial charge on any atom is -0.342 e. The Morgan fingerprint density at radius 1 is 0.931 bits per heavy atom. The topological polar surface area (TPSA) is 29.3 Å². The van der Waals surface area contributed by atoms with Gasteiger partial charge in [0.1, 0.15) is 0 Å². The van der Waals surface area contributed by atoms with E-state index in [0.717, 1.165) is 17.7 Å². The van der Waals surface area contributed by atoms with Gasteiger partial charge in [-0.05, 0) is 30.7 Å². The third kappa shape index (κ3) is 4.47. The van der Waals surface area contributed by atoms with Gasteiger partial charge < -0.3 is 9.99 Å². The van der Waals surface area contributed by atoms with Crippen LogP contribution in [0.2, 0.25) is 10.0 Å². The minimum atomic E-state index is 0.469. The van der Waals surface area contributed by atoms with Gasteiger partial charge in [0.15, 0.2) is 0 Å². The summed E-state index contributed by atoms with van der Waals surface area (Å²) >= 11 is 12.4. The highest BCUT2D eigenvalue weighted by Crippen LogP contribution is 2.24. The van der Waals surface area contributed by atoms with Crippen LogP contribution in [0.4, 0.5) is 0 Å². The molecule has 29 heavy (non-hydrogen) atoms. The molecule has 0 aliphatic heterocycles. The average molecular weight is 422 g/mol. The third-order valence-corrected chi connectivity index (χ3v) is 5.61. The number of nitrogens with one attached hydrogen (secondary N) is 1. The van der Waals surface area contributed by atoms with E-state index in [4.69, 9.17) is 23.2 Å².